The van der Waals surface area contributed by atoms with Crippen LogP contribution < -0.4 is 10.9 Å². The minimum Gasteiger partial charge on any atom is -0.334 e. The maximum absolute atomic E-state index is 12.9. The molecular weight excluding hydrogens is 366 g/mol. The van der Waals surface area contributed by atoms with Crippen LogP contribution >= 0.6 is 0 Å². The van der Waals surface area contributed by atoms with Gasteiger partial charge in [-0.15, -0.1) is 0 Å². The van der Waals surface area contributed by atoms with Gasteiger partial charge in [0.1, 0.15) is 0 Å². The molecule has 7 heteroatoms. The van der Waals surface area contributed by atoms with E-state index in [0.717, 1.165) is 42.9 Å². The number of carbonyl (C=O) groups excluding carboxylic acids is 1. The quantitative estimate of drug-likeness (QED) is 0.838. The molecule has 0 bridgehead atoms. The largest absolute Gasteiger partial charge is 0.334 e. The van der Waals surface area contributed by atoms with Gasteiger partial charge in [-0.25, -0.2) is 4.79 Å². The zero-order chi connectivity index (χ0) is 20.0. The molecule has 1 saturated heterocycles. The van der Waals surface area contributed by atoms with E-state index in [1.165, 1.54) is 19.3 Å². The molecule has 29 heavy (non-hydrogen) atoms. The van der Waals surface area contributed by atoms with Gasteiger partial charge in [0, 0.05) is 61.7 Å². The van der Waals surface area contributed by atoms with Crippen molar-refractivity contribution in [3.05, 3.63) is 63.3 Å². The molecule has 2 aromatic rings. The van der Waals surface area contributed by atoms with Crippen LogP contribution in [0.2, 0.25) is 0 Å². The fourth-order valence-electron chi connectivity index (χ4n) is 5.17. The first-order valence-corrected chi connectivity index (χ1v) is 10.4. The number of H-pyrrole nitrogens is 1. The van der Waals surface area contributed by atoms with Crippen molar-refractivity contribution in [2.24, 2.45) is 5.41 Å². The van der Waals surface area contributed by atoms with Gasteiger partial charge in [-0.3, -0.25) is 9.78 Å². The Labute approximate surface area is 170 Å². The molecule has 2 fully saturated rings. The van der Waals surface area contributed by atoms with Crippen LogP contribution in [0, 0.1) is 5.41 Å². The van der Waals surface area contributed by atoms with Crippen LogP contribution in [0.1, 0.15) is 47.7 Å². The van der Waals surface area contributed by atoms with E-state index in [2.05, 4.69) is 27.2 Å². The summed E-state index contributed by atoms with van der Waals surface area (Å²) in [5.41, 5.74) is 4.07. The van der Waals surface area contributed by atoms with Crippen LogP contribution in [0.3, 0.4) is 0 Å². The van der Waals surface area contributed by atoms with Crippen molar-refractivity contribution in [2.45, 2.75) is 44.8 Å². The standard InChI is InChI=1S/C22H27N5O2/c1-26-10-5-18-17(13-26)11-16(20(28)25-18)12-24-21(29)27-14-22(6-2-7-22)19(27)15-3-8-23-9-4-15/h3-4,8-9,11,19H,2,5-7,10,12-14H2,1H3,(H,24,29)(H,25,28). The first-order valence-electron chi connectivity index (χ1n) is 10.4. The van der Waals surface area contributed by atoms with Gasteiger partial charge in [-0.05, 0) is 49.2 Å². The summed E-state index contributed by atoms with van der Waals surface area (Å²) in [5.74, 6) is 0. The number of likely N-dealkylation sites (tertiary alicyclic amines) is 1. The molecule has 3 aliphatic rings. The molecule has 4 heterocycles. The van der Waals surface area contributed by atoms with Gasteiger partial charge in [-0.1, -0.05) is 6.42 Å². The van der Waals surface area contributed by atoms with E-state index >= 15 is 0 Å². The van der Waals surface area contributed by atoms with E-state index < -0.39 is 0 Å². The number of carbonyl (C=O) groups is 1. The minimum atomic E-state index is -0.0987. The highest BCUT2D eigenvalue weighted by Gasteiger charge is 2.57. The topological polar surface area (TPSA) is 81.3 Å². The Hall–Kier alpha value is -2.67. The number of amides is 2. The Morgan fingerprint density at radius 1 is 1.34 bits per heavy atom. The van der Waals surface area contributed by atoms with Crippen LogP contribution in [0.4, 0.5) is 4.79 Å². The maximum atomic E-state index is 12.9. The monoisotopic (exact) mass is 393 g/mol. The van der Waals surface area contributed by atoms with E-state index in [4.69, 9.17) is 0 Å². The highest BCUT2D eigenvalue weighted by Crippen LogP contribution is 2.60. The molecule has 1 aliphatic carbocycles. The third-order valence-corrected chi connectivity index (χ3v) is 6.91. The zero-order valence-electron chi connectivity index (χ0n) is 16.8. The molecule has 1 unspecified atom stereocenters. The molecule has 1 spiro atoms. The first kappa shape index (κ1) is 18.4. The van der Waals surface area contributed by atoms with Crippen molar-refractivity contribution in [1.82, 2.24) is 25.1 Å². The number of nitrogens with one attached hydrogen (secondary N) is 2. The smallest absolute Gasteiger partial charge is 0.318 e. The second-order valence-corrected chi connectivity index (χ2v) is 8.80. The number of aromatic amines is 1. The van der Waals surface area contributed by atoms with Crippen LogP contribution in [0.15, 0.2) is 35.4 Å². The van der Waals surface area contributed by atoms with Crippen molar-refractivity contribution < 1.29 is 4.79 Å². The average molecular weight is 393 g/mol. The van der Waals surface area contributed by atoms with Crippen molar-refractivity contribution in [3.8, 4) is 0 Å². The second kappa shape index (κ2) is 6.99. The SMILES string of the molecule is CN1CCc2[nH]c(=O)c(CNC(=O)N3CC4(CCC4)C3c3ccncc3)cc2C1. The average Bonchev–Trinajstić information content (AvgIpc) is 2.65. The number of likely N-dealkylation sites (N-methyl/N-ethyl adjacent to an activating group) is 1. The molecule has 1 saturated carbocycles. The predicted molar refractivity (Wildman–Crippen MR) is 109 cm³/mol. The van der Waals surface area contributed by atoms with Crippen molar-refractivity contribution in [2.75, 3.05) is 20.1 Å². The van der Waals surface area contributed by atoms with Gasteiger partial charge >= 0.3 is 6.03 Å². The summed E-state index contributed by atoms with van der Waals surface area (Å²) in [5, 5.41) is 2.98. The number of fused-ring (bicyclic) bond motifs is 1. The summed E-state index contributed by atoms with van der Waals surface area (Å²) < 4.78 is 0. The van der Waals surface area contributed by atoms with Crippen LogP contribution in [0.5, 0.6) is 0 Å². The summed E-state index contributed by atoms with van der Waals surface area (Å²) in [6.45, 7) is 2.81. The summed E-state index contributed by atoms with van der Waals surface area (Å²) in [6, 6.07) is 5.98. The first-order chi connectivity index (χ1) is 14.1. The van der Waals surface area contributed by atoms with Crippen LogP contribution in [-0.4, -0.2) is 45.9 Å². The third-order valence-electron chi connectivity index (χ3n) is 6.91. The molecule has 2 amide bonds. The van der Waals surface area contributed by atoms with Gasteiger partial charge in [0.25, 0.3) is 5.56 Å². The summed E-state index contributed by atoms with van der Waals surface area (Å²) in [7, 11) is 2.08. The highest BCUT2D eigenvalue weighted by molar-refractivity contribution is 5.76. The number of pyridine rings is 2. The Balaban J connectivity index is 1.30. The van der Waals surface area contributed by atoms with Gasteiger partial charge in [0.15, 0.2) is 0 Å². The lowest BCUT2D eigenvalue weighted by Gasteiger charge is -2.62. The fourth-order valence-corrected chi connectivity index (χ4v) is 5.17. The Kier molecular flexibility index (Phi) is 4.42. The van der Waals surface area contributed by atoms with E-state index in [-0.39, 0.29) is 29.6 Å². The summed E-state index contributed by atoms with van der Waals surface area (Å²) in [4.78, 5) is 36.7. The van der Waals surface area contributed by atoms with E-state index in [9.17, 15) is 9.59 Å². The lowest BCUT2D eigenvalue weighted by Crippen LogP contribution is -2.65. The van der Waals surface area contributed by atoms with E-state index in [1.807, 2.05) is 23.1 Å². The fraction of sp³-hybridized carbons (Fsp3) is 0.500. The maximum Gasteiger partial charge on any atom is 0.318 e. The minimum absolute atomic E-state index is 0.0985. The molecular formula is C22H27N5O2. The summed E-state index contributed by atoms with van der Waals surface area (Å²) in [6.07, 6.45) is 8.01. The number of urea groups is 1. The lowest BCUT2D eigenvalue weighted by molar-refractivity contribution is -0.0998. The van der Waals surface area contributed by atoms with Crippen molar-refractivity contribution >= 4 is 6.03 Å². The van der Waals surface area contributed by atoms with Gasteiger partial charge < -0.3 is 20.1 Å². The van der Waals surface area contributed by atoms with Crippen molar-refractivity contribution in [3.63, 3.8) is 0 Å². The Bertz CT molecular complexity index is 982. The number of aromatic nitrogens is 2. The van der Waals surface area contributed by atoms with E-state index in [0.29, 0.717) is 5.56 Å². The normalized spacial score (nSPS) is 22.5. The lowest BCUT2D eigenvalue weighted by atomic mass is 9.56. The summed E-state index contributed by atoms with van der Waals surface area (Å²) >= 11 is 0. The molecule has 5 rings (SSSR count). The number of hydrogen-bond donors (Lipinski definition) is 2. The molecule has 0 aromatic carbocycles. The van der Waals surface area contributed by atoms with Gasteiger partial charge in [-0.2, -0.15) is 0 Å². The molecule has 2 aliphatic heterocycles. The molecule has 2 aromatic heterocycles. The molecule has 7 nitrogen and oxygen atoms in total. The van der Waals surface area contributed by atoms with E-state index in [1.54, 1.807) is 12.4 Å². The van der Waals surface area contributed by atoms with Gasteiger partial charge in [0.05, 0.1) is 6.04 Å². The zero-order valence-corrected chi connectivity index (χ0v) is 16.8. The predicted octanol–water partition coefficient (Wildman–Crippen LogP) is 2.19. The van der Waals surface area contributed by atoms with Crippen molar-refractivity contribution in [1.29, 1.82) is 0 Å². The Morgan fingerprint density at radius 2 is 2.14 bits per heavy atom. The number of rotatable bonds is 3. The van der Waals surface area contributed by atoms with Gasteiger partial charge in [0.2, 0.25) is 0 Å². The number of hydrogen-bond acceptors (Lipinski definition) is 4. The molecule has 2 N–H and O–H groups in total. The van der Waals surface area contributed by atoms with Crippen LogP contribution in [0.25, 0.3) is 0 Å². The number of nitrogens with zero attached hydrogens (tertiary/aromatic N) is 3. The molecule has 0 radical (unpaired) electrons. The highest BCUT2D eigenvalue weighted by atomic mass is 16.2. The van der Waals surface area contributed by atoms with Crippen LogP contribution in [-0.2, 0) is 19.5 Å². The third kappa shape index (κ3) is 3.13. The second-order valence-electron chi connectivity index (χ2n) is 8.80. The molecule has 152 valence electrons. The Morgan fingerprint density at radius 3 is 2.86 bits per heavy atom. The molecule has 1 atom stereocenters.